The van der Waals surface area contributed by atoms with Gasteiger partial charge in [0.05, 0.1) is 12.1 Å². The van der Waals surface area contributed by atoms with E-state index in [1.165, 1.54) is 0 Å². The number of benzene rings is 2. The number of fused-ring (bicyclic) bond motifs is 1. The van der Waals surface area contributed by atoms with Crippen molar-refractivity contribution in [2.45, 2.75) is 19.4 Å². The molecule has 2 N–H and O–H groups in total. The van der Waals surface area contributed by atoms with E-state index in [0.717, 1.165) is 16.8 Å². The summed E-state index contributed by atoms with van der Waals surface area (Å²) in [7, 11) is 0. The summed E-state index contributed by atoms with van der Waals surface area (Å²) in [5.41, 5.74) is 3.14. The number of nitrogens with zero attached hydrogens (tertiary/aromatic N) is 2. The molecule has 4 rings (SSSR count). The molecule has 2 amide bonds. The first kappa shape index (κ1) is 17.3. The minimum absolute atomic E-state index is 0.00380. The van der Waals surface area contributed by atoms with Gasteiger partial charge in [-0.2, -0.15) is 5.10 Å². The molecule has 0 bridgehead atoms. The second kappa shape index (κ2) is 6.89. The number of aromatic nitrogens is 2. The van der Waals surface area contributed by atoms with E-state index >= 15 is 0 Å². The minimum Gasteiger partial charge on any atom is -0.326 e. The summed E-state index contributed by atoms with van der Waals surface area (Å²) in [5, 5.41) is 10.8. The third-order valence-corrected chi connectivity index (χ3v) is 4.71. The van der Waals surface area contributed by atoms with E-state index in [1.54, 1.807) is 22.9 Å². The topological polar surface area (TPSA) is 76.0 Å². The lowest BCUT2D eigenvalue weighted by atomic mass is 10.1. The molecule has 1 aromatic heterocycles. The van der Waals surface area contributed by atoms with Crippen LogP contribution < -0.4 is 10.6 Å². The maximum Gasteiger partial charge on any atom is 0.251 e. The molecule has 3 aromatic rings. The van der Waals surface area contributed by atoms with Crippen LogP contribution in [0.4, 0.5) is 11.5 Å². The molecule has 0 aliphatic carbocycles. The lowest BCUT2D eigenvalue weighted by Crippen LogP contribution is -2.23. The van der Waals surface area contributed by atoms with E-state index in [-0.39, 0.29) is 18.2 Å². The zero-order valence-electron chi connectivity index (χ0n) is 14.6. The van der Waals surface area contributed by atoms with Crippen molar-refractivity contribution in [3.05, 3.63) is 65.3 Å². The van der Waals surface area contributed by atoms with Gasteiger partial charge in [-0.05, 0) is 36.8 Å². The van der Waals surface area contributed by atoms with Crippen LogP contribution in [0.5, 0.6) is 0 Å². The lowest BCUT2D eigenvalue weighted by molar-refractivity contribution is -0.123. The zero-order valence-corrected chi connectivity index (χ0v) is 15.3. The van der Waals surface area contributed by atoms with E-state index in [1.807, 2.05) is 43.3 Å². The Kier molecular flexibility index (Phi) is 4.41. The molecule has 136 valence electrons. The summed E-state index contributed by atoms with van der Waals surface area (Å²) >= 11 is 6.10. The van der Waals surface area contributed by atoms with E-state index in [9.17, 15) is 9.59 Å². The number of anilines is 2. The first-order valence-electron chi connectivity index (χ1n) is 8.54. The molecule has 1 atom stereocenters. The molecule has 6 nitrogen and oxygen atoms in total. The van der Waals surface area contributed by atoms with E-state index in [0.29, 0.717) is 16.5 Å². The lowest BCUT2D eigenvalue weighted by Gasteiger charge is -2.10. The molecule has 7 heteroatoms. The Labute approximate surface area is 161 Å². The smallest absolute Gasteiger partial charge is 0.251 e. The average Bonchev–Trinajstić information content (AvgIpc) is 3.10. The van der Waals surface area contributed by atoms with Crippen molar-refractivity contribution < 1.29 is 9.59 Å². The molecular weight excluding hydrogens is 364 g/mol. The van der Waals surface area contributed by atoms with Crippen molar-refractivity contribution >= 4 is 34.9 Å². The van der Waals surface area contributed by atoms with E-state index in [2.05, 4.69) is 15.7 Å². The Bertz CT molecular complexity index is 1030. The van der Waals surface area contributed by atoms with Gasteiger partial charge in [-0.15, -0.1) is 0 Å². The molecule has 0 radical (unpaired) electrons. The van der Waals surface area contributed by atoms with Gasteiger partial charge < -0.3 is 10.6 Å². The number of nitrogens with one attached hydrogen (secondary N) is 2. The van der Waals surface area contributed by atoms with Crippen LogP contribution in [0.1, 0.15) is 18.2 Å². The highest BCUT2D eigenvalue weighted by Gasteiger charge is 2.36. The summed E-state index contributed by atoms with van der Waals surface area (Å²) in [4.78, 5) is 24.8. The standard InChI is InChI=1S/C20H17ClN4O2/c1-12-18(13-6-5-7-14(21)10-13)19-23-20(27)16(25(19)24-12)11-17(26)22-15-8-3-2-4-9-15/h2-10,16H,11H2,1H3,(H,22,26)(H,23,27). The highest BCUT2D eigenvalue weighted by molar-refractivity contribution is 6.30. The number of rotatable bonds is 4. The van der Waals surface area contributed by atoms with E-state index < -0.39 is 6.04 Å². The summed E-state index contributed by atoms with van der Waals surface area (Å²) in [5.74, 6) is 0.105. The van der Waals surface area contributed by atoms with Crippen molar-refractivity contribution in [3.63, 3.8) is 0 Å². The maximum absolute atomic E-state index is 12.5. The maximum atomic E-state index is 12.5. The molecule has 2 aromatic carbocycles. The molecule has 1 aliphatic heterocycles. The minimum atomic E-state index is -0.685. The SMILES string of the molecule is Cc1nn2c(c1-c1cccc(Cl)c1)NC(=O)C2CC(=O)Nc1ccccc1. The number of carbonyl (C=O) groups excluding carboxylic acids is 2. The number of amides is 2. The van der Waals surface area contributed by atoms with Gasteiger partial charge in [-0.25, -0.2) is 4.68 Å². The van der Waals surface area contributed by atoms with Crippen LogP contribution in [0.3, 0.4) is 0 Å². The Balaban J connectivity index is 1.61. The molecule has 1 aliphatic rings. The summed E-state index contributed by atoms with van der Waals surface area (Å²) in [6.45, 7) is 1.87. The predicted octanol–water partition coefficient (Wildman–Crippen LogP) is 4.03. The third-order valence-electron chi connectivity index (χ3n) is 4.47. The Morgan fingerprint density at radius 3 is 2.74 bits per heavy atom. The van der Waals surface area contributed by atoms with Gasteiger partial charge in [-0.1, -0.05) is 41.9 Å². The van der Waals surface area contributed by atoms with E-state index in [4.69, 9.17) is 11.6 Å². The van der Waals surface area contributed by atoms with Gasteiger partial charge in [0.1, 0.15) is 11.9 Å². The van der Waals surface area contributed by atoms with Gasteiger partial charge >= 0.3 is 0 Å². The van der Waals surface area contributed by atoms with Crippen molar-refractivity contribution in [1.82, 2.24) is 9.78 Å². The van der Waals surface area contributed by atoms with Gasteiger partial charge in [0.15, 0.2) is 0 Å². The number of hydrogen-bond acceptors (Lipinski definition) is 3. The van der Waals surface area contributed by atoms with Crippen LogP contribution in [0.15, 0.2) is 54.6 Å². The fourth-order valence-corrected chi connectivity index (χ4v) is 3.47. The van der Waals surface area contributed by atoms with Gasteiger partial charge in [-0.3, -0.25) is 9.59 Å². The zero-order chi connectivity index (χ0) is 19.0. The van der Waals surface area contributed by atoms with Gasteiger partial charge in [0.2, 0.25) is 5.91 Å². The normalized spacial score (nSPS) is 15.3. The molecule has 0 saturated carbocycles. The van der Waals surface area contributed by atoms with Crippen molar-refractivity contribution in [1.29, 1.82) is 0 Å². The molecular formula is C20H17ClN4O2. The highest BCUT2D eigenvalue weighted by atomic mass is 35.5. The summed E-state index contributed by atoms with van der Waals surface area (Å²) < 4.78 is 1.60. The molecule has 2 heterocycles. The quantitative estimate of drug-likeness (QED) is 0.717. The number of aryl methyl sites for hydroxylation is 1. The van der Waals surface area contributed by atoms with Crippen molar-refractivity contribution in [2.75, 3.05) is 10.6 Å². The number of para-hydroxylation sites is 1. The van der Waals surface area contributed by atoms with Crippen LogP contribution in [-0.4, -0.2) is 21.6 Å². The second-order valence-electron chi connectivity index (χ2n) is 6.39. The third kappa shape index (κ3) is 3.31. The molecule has 0 spiro atoms. The van der Waals surface area contributed by atoms with Crippen LogP contribution in [0, 0.1) is 6.92 Å². The Hall–Kier alpha value is -3.12. The number of carbonyl (C=O) groups is 2. The second-order valence-corrected chi connectivity index (χ2v) is 6.82. The van der Waals surface area contributed by atoms with Gasteiger partial charge in [0, 0.05) is 16.3 Å². The summed E-state index contributed by atoms with van der Waals surface area (Å²) in [6.07, 6.45) is 0.00380. The molecule has 0 fully saturated rings. The van der Waals surface area contributed by atoms with Gasteiger partial charge in [0.25, 0.3) is 5.91 Å². The van der Waals surface area contributed by atoms with Crippen LogP contribution in [0.2, 0.25) is 5.02 Å². The number of halogens is 1. The van der Waals surface area contributed by atoms with Crippen molar-refractivity contribution in [3.8, 4) is 11.1 Å². The molecule has 27 heavy (non-hydrogen) atoms. The first-order chi connectivity index (χ1) is 13.0. The fraction of sp³-hybridized carbons (Fsp3) is 0.150. The van der Waals surface area contributed by atoms with Crippen LogP contribution in [-0.2, 0) is 9.59 Å². The highest BCUT2D eigenvalue weighted by Crippen LogP contribution is 2.38. The summed E-state index contributed by atoms with van der Waals surface area (Å²) in [6, 6.07) is 15.8. The largest absolute Gasteiger partial charge is 0.326 e. The van der Waals surface area contributed by atoms with Crippen LogP contribution in [0.25, 0.3) is 11.1 Å². The predicted molar refractivity (Wildman–Crippen MR) is 105 cm³/mol. The molecule has 0 saturated heterocycles. The Morgan fingerprint density at radius 2 is 2.00 bits per heavy atom. The monoisotopic (exact) mass is 380 g/mol. The number of hydrogen-bond donors (Lipinski definition) is 2. The fourth-order valence-electron chi connectivity index (χ4n) is 3.28. The average molecular weight is 381 g/mol. The first-order valence-corrected chi connectivity index (χ1v) is 8.91. The van der Waals surface area contributed by atoms with Crippen LogP contribution >= 0.6 is 11.6 Å². The van der Waals surface area contributed by atoms with Crippen molar-refractivity contribution in [2.24, 2.45) is 0 Å². The Morgan fingerprint density at radius 1 is 1.22 bits per heavy atom. The molecule has 1 unspecified atom stereocenters.